The molecule has 0 spiro atoms. The number of ketones is 1. The minimum absolute atomic E-state index is 0.0458. The molecular formula is C11H11N3O2S2. The van der Waals surface area contributed by atoms with E-state index < -0.39 is 0 Å². The first-order chi connectivity index (χ1) is 8.47. The Labute approximate surface area is 112 Å². The fraction of sp³-hybridized carbons (Fsp3) is 0.273. The highest BCUT2D eigenvalue weighted by Crippen LogP contribution is 2.33. The maximum atomic E-state index is 11.2. The second kappa shape index (κ2) is 4.95. The molecule has 0 saturated heterocycles. The minimum atomic E-state index is -0.155. The van der Waals surface area contributed by atoms with E-state index in [1.807, 2.05) is 12.3 Å². The van der Waals surface area contributed by atoms with E-state index in [0.29, 0.717) is 10.1 Å². The van der Waals surface area contributed by atoms with Gasteiger partial charge in [-0.15, -0.1) is 11.3 Å². The maximum absolute atomic E-state index is 11.2. The summed E-state index contributed by atoms with van der Waals surface area (Å²) in [6, 6.07) is 0. The van der Waals surface area contributed by atoms with Crippen LogP contribution in [0.1, 0.15) is 29.3 Å². The maximum Gasteiger partial charge on any atom is 0.223 e. The number of aryl methyl sites for hydroxylation is 1. The highest BCUT2D eigenvalue weighted by atomic mass is 32.1. The quantitative estimate of drug-likeness (QED) is 0.878. The van der Waals surface area contributed by atoms with E-state index in [1.54, 1.807) is 0 Å². The van der Waals surface area contributed by atoms with Gasteiger partial charge in [-0.2, -0.15) is 0 Å². The molecular weight excluding hydrogens is 270 g/mol. The van der Waals surface area contributed by atoms with Gasteiger partial charge in [0.1, 0.15) is 0 Å². The van der Waals surface area contributed by atoms with Crippen molar-refractivity contribution in [2.45, 2.75) is 20.8 Å². The molecule has 2 heterocycles. The van der Waals surface area contributed by atoms with E-state index in [1.165, 1.54) is 36.5 Å². The van der Waals surface area contributed by atoms with Gasteiger partial charge in [0.15, 0.2) is 15.9 Å². The molecule has 18 heavy (non-hydrogen) atoms. The van der Waals surface area contributed by atoms with Crippen LogP contribution >= 0.6 is 22.7 Å². The first kappa shape index (κ1) is 12.8. The normalized spacial score (nSPS) is 10.4. The molecule has 0 atom stereocenters. The molecule has 5 nitrogen and oxygen atoms in total. The number of hydrogen-bond donors (Lipinski definition) is 1. The summed E-state index contributed by atoms with van der Waals surface area (Å²) < 4.78 is 0. The third-order valence-electron chi connectivity index (χ3n) is 2.12. The molecule has 2 aromatic rings. The Bertz CT molecular complexity index is 616. The smallest absolute Gasteiger partial charge is 0.223 e. The zero-order valence-corrected chi connectivity index (χ0v) is 11.7. The van der Waals surface area contributed by atoms with Crippen LogP contribution in [0.5, 0.6) is 0 Å². The highest BCUT2D eigenvalue weighted by Gasteiger charge is 2.14. The molecule has 1 N–H and O–H groups in total. The third-order valence-corrected chi connectivity index (χ3v) is 4.16. The van der Waals surface area contributed by atoms with Crippen LogP contribution < -0.4 is 5.32 Å². The number of Topliss-reactive ketones (excluding diaryl/α,β-unsaturated/α-hetero) is 1. The van der Waals surface area contributed by atoms with Crippen molar-refractivity contribution in [3.8, 4) is 10.6 Å². The average Bonchev–Trinajstić information content (AvgIpc) is 2.83. The molecule has 94 valence electrons. The zero-order valence-electron chi connectivity index (χ0n) is 10.1. The van der Waals surface area contributed by atoms with Crippen LogP contribution in [0.2, 0.25) is 0 Å². The number of carbonyl (C=O) groups excluding carboxylic acids is 2. The Kier molecular flexibility index (Phi) is 3.53. The fourth-order valence-electron chi connectivity index (χ4n) is 1.38. The average molecular weight is 281 g/mol. The summed E-state index contributed by atoms with van der Waals surface area (Å²) in [5.41, 5.74) is 1.53. The van der Waals surface area contributed by atoms with Crippen LogP contribution in [0.15, 0.2) is 5.38 Å². The van der Waals surface area contributed by atoms with Crippen molar-refractivity contribution in [3.63, 3.8) is 0 Å². The van der Waals surface area contributed by atoms with Gasteiger partial charge in [0.05, 0.1) is 16.3 Å². The van der Waals surface area contributed by atoms with Crippen molar-refractivity contribution in [1.82, 2.24) is 9.97 Å². The van der Waals surface area contributed by atoms with Crippen molar-refractivity contribution in [3.05, 3.63) is 16.1 Å². The second-order valence-corrected chi connectivity index (χ2v) is 5.57. The minimum Gasteiger partial charge on any atom is -0.302 e. The number of hydrogen-bond acceptors (Lipinski definition) is 6. The van der Waals surface area contributed by atoms with Crippen LogP contribution in [0.3, 0.4) is 0 Å². The fourth-order valence-corrected chi connectivity index (χ4v) is 3.14. The Morgan fingerprint density at radius 2 is 2.00 bits per heavy atom. The van der Waals surface area contributed by atoms with Crippen molar-refractivity contribution < 1.29 is 9.59 Å². The molecule has 0 unspecified atom stereocenters. The second-order valence-electron chi connectivity index (χ2n) is 3.71. The Morgan fingerprint density at radius 3 is 2.56 bits per heavy atom. The van der Waals surface area contributed by atoms with Crippen molar-refractivity contribution >= 4 is 39.5 Å². The molecule has 0 aliphatic carbocycles. The molecule has 1 amide bonds. The van der Waals surface area contributed by atoms with Gasteiger partial charge in [-0.25, -0.2) is 9.97 Å². The van der Waals surface area contributed by atoms with E-state index in [4.69, 9.17) is 0 Å². The largest absolute Gasteiger partial charge is 0.302 e. The summed E-state index contributed by atoms with van der Waals surface area (Å²) >= 11 is 2.67. The lowest BCUT2D eigenvalue weighted by atomic mass is 10.3. The number of nitrogens with zero attached hydrogens (tertiary/aromatic N) is 2. The van der Waals surface area contributed by atoms with E-state index in [9.17, 15) is 9.59 Å². The summed E-state index contributed by atoms with van der Waals surface area (Å²) in [7, 11) is 0. The van der Waals surface area contributed by atoms with Crippen LogP contribution in [0, 0.1) is 6.92 Å². The third kappa shape index (κ3) is 2.62. The molecule has 0 aliphatic heterocycles. The Balaban J connectivity index is 2.34. The van der Waals surface area contributed by atoms with Crippen LogP contribution in [-0.4, -0.2) is 21.7 Å². The number of nitrogens with one attached hydrogen (secondary N) is 1. The van der Waals surface area contributed by atoms with Crippen LogP contribution in [0.4, 0.5) is 5.13 Å². The van der Waals surface area contributed by atoms with Crippen molar-refractivity contribution in [1.29, 1.82) is 0 Å². The molecule has 0 saturated carbocycles. The van der Waals surface area contributed by atoms with Gasteiger partial charge in [0.2, 0.25) is 5.91 Å². The van der Waals surface area contributed by atoms with Crippen LogP contribution in [-0.2, 0) is 4.79 Å². The first-order valence-corrected chi connectivity index (χ1v) is 6.89. The van der Waals surface area contributed by atoms with Gasteiger partial charge >= 0.3 is 0 Å². The SMILES string of the molecule is CC(=O)Nc1nc(C)c(-c2csc(C(C)=O)n2)s1. The molecule has 7 heteroatoms. The number of rotatable bonds is 3. The van der Waals surface area contributed by atoms with Gasteiger partial charge in [-0.05, 0) is 6.92 Å². The molecule has 0 bridgehead atoms. The highest BCUT2D eigenvalue weighted by molar-refractivity contribution is 7.19. The molecule has 2 rings (SSSR count). The lowest BCUT2D eigenvalue weighted by Crippen LogP contribution is -2.04. The number of amides is 1. The van der Waals surface area contributed by atoms with Gasteiger partial charge in [-0.1, -0.05) is 11.3 Å². The van der Waals surface area contributed by atoms with E-state index in [0.717, 1.165) is 16.3 Å². The zero-order chi connectivity index (χ0) is 13.3. The lowest BCUT2D eigenvalue weighted by molar-refractivity contribution is -0.114. The van der Waals surface area contributed by atoms with Gasteiger partial charge in [0.25, 0.3) is 0 Å². The number of carbonyl (C=O) groups is 2. The number of aromatic nitrogens is 2. The summed E-state index contributed by atoms with van der Waals surface area (Å²) in [6.45, 7) is 4.78. The van der Waals surface area contributed by atoms with E-state index in [2.05, 4.69) is 15.3 Å². The van der Waals surface area contributed by atoms with Crippen LogP contribution in [0.25, 0.3) is 10.6 Å². The first-order valence-electron chi connectivity index (χ1n) is 5.19. The van der Waals surface area contributed by atoms with E-state index in [-0.39, 0.29) is 11.7 Å². The number of anilines is 1. The monoisotopic (exact) mass is 281 g/mol. The van der Waals surface area contributed by atoms with Crippen molar-refractivity contribution in [2.24, 2.45) is 0 Å². The predicted molar refractivity (Wildman–Crippen MR) is 72.3 cm³/mol. The Morgan fingerprint density at radius 1 is 1.28 bits per heavy atom. The Hall–Kier alpha value is -1.60. The molecule has 2 aromatic heterocycles. The lowest BCUT2D eigenvalue weighted by Gasteiger charge is -1.92. The molecule has 0 fully saturated rings. The summed E-state index contributed by atoms with van der Waals surface area (Å²) in [4.78, 5) is 31.6. The summed E-state index contributed by atoms with van der Waals surface area (Å²) in [5.74, 6) is -0.200. The topological polar surface area (TPSA) is 72.0 Å². The van der Waals surface area contributed by atoms with Crippen molar-refractivity contribution in [2.75, 3.05) is 5.32 Å². The standard InChI is InChI=1S/C11H11N3O2S2/c1-5-9(18-11(12-5)13-7(3)16)8-4-17-10(14-8)6(2)15/h4H,1-3H3,(H,12,13,16). The van der Waals surface area contributed by atoms with E-state index >= 15 is 0 Å². The molecule has 0 radical (unpaired) electrons. The molecule has 0 aliphatic rings. The summed E-state index contributed by atoms with van der Waals surface area (Å²) in [5, 5.41) is 5.50. The summed E-state index contributed by atoms with van der Waals surface area (Å²) in [6.07, 6.45) is 0. The van der Waals surface area contributed by atoms with Gasteiger partial charge < -0.3 is 5.32 Å². The molecule has 0 aromatic carbocycles. The van der Waals surface area contributed by atoms with Gasteiger partial charge in [-0.3, -0.25) is 9.59 Å². The number of thiazole rings is 2. The van der Waals surface area contributed by atoms with Gasteiger partial charge in [0, 0.05) is 19.2 Å². The predicted octanol–water partition coefficient (Wildman–Crippen LogP) is 2.74.